The molecule has 16 aromatic rings. The Labute approximate surface area is 578 Å². The van der Waals surface area contributed by atoms with E-state index < -0.39 is 139 Å². The van der Waals surface area contributed by atoms with E-state index in [2.05, 4.69) is 91.2 Å². The van der Waals surface area contributed by atoms with Crippen molar-refractivity contribution in [3.8, 4) is 44.8 Å². The number of benzene rings is 14. The minimum atomic E-state index is -0.724. The molecule has 0 amide bonds. The van der Waals surface area contributed by atoms with Gasteiger partial charge in [-0.15, -0.1) is 0 Å². The smallest absolute Gasteiger partial charge is 0.252 e. The van der Waals surface area contributed by atoms with Crippen LogP contribution >= 0.6 is 0 Å². The van der Waals surface area contributed by atoms with Crippen molar-refractivity contribution in [1.82, 2.24) is 9.13 Å². The van der Waals surface area contributed by atoms with Crippen molar-refractivity contribution in [1.29, 1.82) is 0 Å². The van der Waals surface area contributed by atoms with Crippen LogP contribution in [0.4, 0.5) is 51.2 Å². The van der Waals surface area contributed by atoms with Crippen molar-refractivity contribution in [3.05, 3.63) is 339 Å². The van der Waals surface area contributed by atoms with E-state index in [0.717, 1.165) is 66.7 Å². The molecule has 0 atom stereocenters. The van der Waals surface area contributed by atoms with Crippen LogP contribution in [0.1, 0.15) is 55.1 Å². The minimum absolute atomic E-state index is 0.0638. The zero-order chi connectivity index (χ0) is 80.9. The number of hydrogen-bond donors (Lipinski definition) is 0. The van der Waals surface area contributed by atoms with Crippen LogP contribution in [0.5, 0.6) is 0 Å². The molecular formula is C88H64BN5. The molecule has 444 valence electrons. The van der Waals surface area contributed by atoms with Crippen molar-refractivity contribution in [2.45, 2.75) is 26.2 Å². The highest BCUT2D eigenvalue weighted by Gasteiger charge is 2.45. The lowest BCUT2D eigenvalue weighted by Crippen LogP contribution is -2.61. The second-order valence-corrected chi connectivity index (χ2v) is 24.6. The lowest BCUT2D eigenvalue weighted by Gasteiger charge is -2.45. The summed E-state index contributed by atoms with van der Waals surface area (Å²) in [5.74, 6) is 0. The largest absolute Gasteiger partial charge is 0.311 e. The maximum absolute atomic E-state index is 9.79. The van der Waals surface area contributed by atoms with Crippen LogP contribution in [-0.4, -0.2) is 15.8 Å². The lowest BCUT2D eigenvalue weighted by molar-refractivity contribution is 0.590. The molecule has 0 unspecified atom stereocenters. The Kier molecular flexibility index (Phi) is 8.74. The summed E-state index contributed by atoms with van der Waals surface area (Å²) in [5.41, 5.74) is 12.4. The Morgan fingerprint density at radius 1 is 0.309 bits per heavy atom. The number of anilines is 9. The third-order valence-electron chi connectivity index (χ3n) is 18.2. The van der Waals surface area contributed by atoms with E-state index in [1.54, 1.807) is 35.2 Å². The molecule has 0 saturated heterocycles. The molecule has 4 heterocycles. The van der Waals surface area contributed by atoms with E-state index in [1.807, 2.05) is 115 Å². The van der Waals surface area contributed by atoms with Gasteiger partial charge in [0.1, 0.15) is 0 Å². The summed E-state index contributed by atoms with van der Waals surface area (Å²) >= 11 is 0. The number of hydrogen-bond acceptors (Lipinski definition) is 3. The highest BCUT2D eigenvalue weighted by Crippen LogP contribution is 2.50. The van der Waals surface area contributed by atoms with E-state index >= 15 is 0 Å². The first-order valence-corrected chi connectivity index (χ1v) is 31.0. The standard InChI is InChI=1S/C88H64BN5/c1-88(2,3)65-55-85-87-86(56-65)94(72-53-63(60-27-10-5-11-28-60)51-64(54-72)61-29-12-6-13-30-61)84-58-71(92-81-41-22-18-37-75(81)76-38-19-23-42-82(76)92)48-50-78(84)89(87)77-49-47-70(57-83(77)93(85)69-34-24-31-62(52-69)59-25-8-4-9-26-59)90(66-32-14-7-15-33-66)67-43-45-68(46-44-67)91-79-39-20-16-35-73(79)74-36-17-21-40-80(74)91/h4-58H,1-3H3/i7D,14D,15D,16D,17D,18D,19D,20D,21D,22D,23D,32D,33D,35D,36D,37D,38D,39D,40D,41D,42D. The average Bonchev–Trinajstić information content (AvgIpc) is 1.64. The zero-order valence-corrected chi connectivity index (χ0v) is 50.9. The molecule has 6 heteroatoms. The van der Waals surface area contributed by atoms with Crippen LogP contribution in [0.3, 0.4) is 0 Å². The third kappa shape index (κ3) is 9.00. The molecule has 2 aromatic heterocycles. The summed E-state index contributed by atoms with van der Waals surface area (Å²) in [5, 5.41) is -0.426. The molecule has 0 saturated carbocycles. The predicted octanol–water partition coefficient (Wildman–Crippen LogP) is 21.7. The fraction of sp³-hybridized carbons (Fsp3) is 0.0455. The normalized spacial score (nSPS) is 15.7. The number of para-hydroxylation sites is 5. The Balaban J connectivity index is 0.952. The van der Waals surface area contributed by atoms with Gasteiger partial charge in [0.15, 0.2) is 0 Å². The number of rotatable bonds is 10. The molecule has 0 aliphatic carbocycles. The molecule has 0 bridgehead atoms. The van der Waals surface area contributed by atoms with E-state index in [0.29, 0.717) is 34.1 Å². The molecule has 0 spiro atoms. The van der Waals surface area contributed by atoms with Crippen molar-refractivity contribution < 1.29 is 28.8 Å². The molecule has 18 rings (SSSR count). The predicted molar refractivity (Wildman–Crippen MR) is 399 cm³/mol. The van der Waals surface area contributed by atoms with Crippen LogP contribution in [0.2, 0.25) is 0 Å². The number of aromatic nitrogens is 2. The van der Waals surface area contributed by atoms with Gasteiger partial charge in [0.05, 0.1) is 50.9 Å². The summed E-state index contributed by atoms with van der Waals surface area (Å²) in [7, 11) is 0. The molecular weight excluding hydrogens is 1140 g/mol. The van der Waals surface area contributed by atoms with Gasteiger partial charge in [-0.25, -0.2) is 0 Å². The van der Waals surface area contributed by atoms with E-state index in [1.165, 1.54) is 9.13 Å². The first-order valence-electron chi connectivity index (χ1n) is 41.5. The van der Waals surface area contributed by atoms with Gasteiger partial charge < -0.3 is 23.8 Å². The maximum Gasteiger partial charge on any atom is 0.252 e. The van der Waals surface area contributed by atoms with Crippen molar-refractivity contribution in [2.24, 2.45) is 0 Å². The van der Waals surface area contributed by atoms with E-state index in [9.17, 15) is 13.7 Å². The Hall–Kier alpha value is -11.9. The molecule has 0 N–H and O–H groups in total. The van der Waals surface area contributed by atoms with Crippen LogP contribution in [0.25, 0.3) is 88.4 Å². The van der Waals surface area contributed by atoms with Gasteiger partial charge in [-0.3, -0.25) is 0 Å². The van der Waals surface area contributed by atoms with Crippen LogP contribution in [0, 0.1) is 0 Å². The molecule has 2 aliphatic rings. The van der Waals surface area contributed by atoms with Crippen molar-refractivity contribution in [2.75, 3.05) is 14.7 Å². The molecule has 94 heavy (non-hydrogen) atoms. The number of nitrogens with zero attached hydrogens (tertiary/aromatic N) is 5. The van der Waals surface area contributed by atoms with Crippen LogP contribution in [0.15, 0.2) is 333 Å². The Bertz CT molecular complexity index is 6690. The molecule has 2 aliphatic heterocycles. The van der Waals surface area contributed by atoms with Gasteiger partial charge in [-0.2, -0.15) is 0 Å². The number of fused-ring (bicyclic) bond motifs is 10. The van der Waals surface area contributed by atoms with Gasteiger partial charge in [0, 0.05) is 84.1 Å². The first-order chi connectivity index (χ1) is 55.0. The topological polar surface area (TPSA) is 19.6 Å². The van der Waals surface area contributed by atoms with E-state index in [4.69, 9.17) is 15.1 Å². The van der Waals surface area contributed by atoms with Crippen molar-refractivity contribution >= 4 is 118 Å². The Morgan fingerprint density at radius 3 is 1.27 bits per heavy atom. The molecule has 0 fully saturated rings. The summed E-state index contributed by atoms with van der Waals surface area (Å²) in [6, 6.07) is 55.0. The summed E-state index contributed by atoms with van der Waals surface area (Å²) in [6.07, 6.45) is 0. The van der Waals surface area contributed by atoms with Crippen molar-refractivity contribution in [3.63, 3.8) is 0 Å². The first kappa shape index (κ1) is 37.5. The van der Waals surface area contributed by atoms with Crippen LogP contribution in [-0.2, 0) is 5.41 Å². The minimum Gasteiger partial charge on any atom is -0.311 e. The van der Waals surface area contributed by atoms with Gasteiger partial charge in [0.25, 0.3) is 6.71 Å². The summed E-state index contributed by atoms with van der Waals surface area (Å²) < 4.78 is 196. The van der Waals surface area contributed by atoms with Gasteiger partial charge in [0.2, 0.25) is 0 Å². The Morgan fingerprint density at radius 2 is 0.734 bits per heavy atom. The van der Waals surface area contributed by atoms with E-state index in [-0.39, 0.29) is 60.7 Å². The molecule has 5 nitrogen and oxygen atoms in total. The zero-order valence-electron chi connectivity index (χ0n) is 71.9. The average molecular weight is 1220 g/mol. The monoisotopic (exact) mass is 1220 g/mol. The van der Waals surface area contributed by atoms with Gasteiger partial charge in [-0.05, 0) is 188 Å². The second-order valence-electron chi connectivity index (χ2n) is 24.6. The summed E-state index contributed by atoms with van der Waals surface area (Å²) in [4.78, 5) is 5.96. The lowest BCUT2D eigenvalue weighted by atomic mass is 9.33. The van der Waals surface area contributed by atoms with Gasteiger partial charge >= 0.3 is 0 Å². The third-order valence-corrected chi connectivity index (χ3v) is 18.2. The quantitative estimate of drug-likeness (QED) is 0.127. The second kappa shape index (κ2) is 21.9. The SMILES string of the molecule is [2H]c1c([2H])c([2H])c(N(c2ccc(-n3c4c([2H])c([2H])c([2H])c([2H])c4c4c([2H])c([2H])c([2H])c([2H])c43)cc2)c2ccc3c(c2)N(c2cccc(-c4ccccc4)c2)c2cc(C(C)(C)C)cc4c2B3c2ccc(-n3c5c([2H])c([2H])c([2H])c([2H])c5c5c([2H])c([2H])c([2H])c([2H])c53)cc2N4c2cc(-c3ccccc3)cc(-c3ccccc3)c2)c([2H])c1[2H]. The fourth-order valence-electron chi connectivity index (χ4n) is 13.9. The summed E-state index contributed by atoms with van der Waals surface area (Å²) in [6.45, 7) is 5.66. The highest BCUT2D eigenvalue weighted by molar-refractivity contribution is 7.00. The van der Waals surface area contributed by atoms with Gasteiger partial charge in [-0.1, -0.05) is 227 Å². The van der Waals surface area contributed by atoms with Crippen LogP contribution < -0.4 is 31.1 Å². The molecule has 14 aromatic carbocycles. The fourth-order valence-corrected chi connectivity index (χ4v) is 13.9. The maximum atomic E-state index is 9.79. The molecule has 0 radical (unpaired) electrons. The highest BCUT2D eigenvalue weighted by atomic mass is 15.2.